The van der Waals surface area contributed by atoms with Crippen molar-refractivity contribution in [1.82, 2.24) is 15.5 Å². The molecule has 0 aromatic heterocycles. The molecule has 0 radical (unpaired) electrons. The Morgan fingerprint density at radius 2 is 1.97 bits per heavy atom. The first-order valence-electron chi connectivity index (χ1n) is 10.7. The number of nitrogens with two attached hydrogens (primary N) is 1. The second-order valence-corrected chi connectivity index (χ2v) is 8.66. The van der Waals surface area contributed by atoms with Gasteiger partial charge in [-0.15, -0.1) is 0 Å². The van der Waals surface area contributed by atoms with Gasteiger partial charge in [0.2, 0.25) is 11.8 Å². The number of hydrogen-bond donors (Lipinski definition) is 3. The molecule has 1 saturated heterocycles. The normalized spacial score (nSPS) is 27.1. The summed E-state index contributed by atoms with van der Waals surface area (Å²) in [5, 5.41) is 5.91. The highest BCUT2D eigenvalue weighted by Gasteiger charge is 2.39. The molecule has 1 saturated carbocycles. The number of nitrogens with one attached hydrogen (secondary N) is 2. The summed E-state index contributed by atoms with van der Waals surface area (Å²) in [5.74, 6) is 0.604. The van der Waals surface area contributed by atoms with Gasteiger partial charge < -0.3 is 16.0 Å². The lowest BCUT2D eigenvalue weighted by atomic mass is 9.81. The van der Waals surface area contributed by atoms with Crippen LogP contribution in [0.3, 0.4) is 0 Å². The van der Waals surface area contributed by atoms with Crippen molar-refractivity contribution in [3.8, 4) is 0 Å². The van der Waals surface area contributed by atoms with Crippen LogP contribution in [-0.4, -0.2) is 41.8 Å². The van der Waals surface area contributed by atoms with E-state index in [4.69, 9.17) is 5.73 Å². The van der Waals surface area contributed by atoms with Crippen LogP contribution in [0.2, 0.25) is 0 Å². The fraction of sp³-hybridized carbons (Fsp3) is 0.591. The quantitative estimate of drug-likeness (QED) is 0.627. The summed E-state index contributed by atoms with van der Waals surface area (Å²) in [5.41, 5.74) is 8.60. The topological polar surface area (TPSA) is 105 Å². The molecule has 7 heteroatoms. The van der Waals surface area contributed by atoms with Crippen molar-refractivity contribution in [2.75, 3.05) is 13.1 Å². The van der Waals surface area contributed by atoms with Crippen molar-refractivity contribution in [2.45, 2.75) is 57.7 Å². The van der Waals surface area contributed by atoms with Crippen LogP contribution in [0.1, 0.15) is 60.0 Å². The van der Waals surface area contributed by atoms with Crippen molar-refractivity contribution >= 4 is 17.7 Å². The van der Waals surface area contributed by atoms with Gasteiger partial charge in [-0.3, -0.25) is 19.7 Å². The number of amides is 3. The molecule has 2 aliphatic heterocycles. The van der Waals surface area contributed by atoms with Crippen LogP contribution in [0.5, 0.6) is 0 Å². The Hall–Kier alpha value is -2.25. The maximum atomic E-state index is 12.7. The van der Waals surface area contributed by atoms with Crippen LogP contribution in [0, 0.1) is 11.8 Å². The van der Waals surface area contributed by atoms with E-state index in [1.54, 1.807) is 4.90 Å². The van der Waals surface area contributed by atoms with Gasteiger partial charge in [-0.25, -0.2) is 0 Å². The highest BCUT2D eigenvalue weighted by atomic mass is 16.2. The molecule has 1 aromatic rings. The second-order valence-electron chi connectivity index (χ2n) is 8.66. The number of rotatable bonds is 6. The second kappa shape index (κ2) is 8.63. The van der Waals surface area contributed by atoms with Crippen LogP contribution in [-0.2, 0) is 22.7 Å². The van der Waals surface area contributed by atoms with E-state index in [1.165, 1.54) is 25.7 Å². The molecule has 7 nitrogen and oxygen atoms in total. The summed E-state index contributed by atoms with van der Waals surface area (Å²) in [6.07, 6.45) is 5.68. The van der Waals surface area contributed by atoms with Gasteiger partial charge in [0.05, 0.1) is 0 Å². The lowest BCUT2D eigenvalue weighted by molar-refractivity contribution is -0.136. The molecular formula is C22H30N4O3. The highest BCUT2D eigenvalue weighted by Crippen LogP contribution is 2.29. The molecule has 156 valence electrons. The van der Waals surface area contributed by atoms with Crippen LogP contribution < -0.4 is 16.4 Å². The smallest absolute Gasteiger partial charge is 0.255 e. The van der Waals surface area contributed by atoms with E-state index in [2.05, 4.69) is 16.7 Å². The molecule has 1 aliphatic carbocycles. The maximum Gasteiger partial charge on any atom is 0.255 e. The molecule has 3 atom stereocenters. The largest absolute Gasteiger partial charge is 0.330 e. The number of carbonyl (C=O) groups excluding carboxylic acids is 3. The molecule has 29 heavy (non-hydrogen) atoms. The minimum atomic E-state index is -0.559. The van der Waals surface area contributed by atoms with Crippen LogP contribution in [0.25, 0.3) is 0 Å². The van der Waals surface area contributed by atoms with Crippen LogP contribution in [0.4, 0.5) is 0 Å². The number of imide groups is 1. The van der Waals surface area contributed by atoms with E-state index in [0.717, 1.165) is 30.8 Å². The average molecular weight is 399 g/mol. The van der Waals surface area contributed by atoms with Gasteiger partial charge in [0, 0.05) is 25.1 Å². The Labute approximate surface area is 171 Å². The third kappa shape index (κ3) is 4.36. The third-order valence-corrected chi connectivity index (χ3v) is 6.57. The zero-order valence-corrected chi connectivity index (χ0v) is 16.8. The number of hydrogen-bond acceptors (Lipinski definition) is 5. The predicted molar refractivity (Wildman–Crippen MR) is 109 cm³/mol. The zero-order valence-electron chi connectivity index (χ0n) is 16.8. The predicted octanol–water partition coefficient (Wildman–Crippen LogP) is 1.30. The Morgan fingerprint density at radius 3 is 2.76 bits per heavy atom. The molecule has 2 fully saturated rings. The SMILES string of the molecule is NC[C@@H]1CCC[C@H](CNCc2ccc3c(c2)CN(C2CCC(=O)NC2=O)C3=O)C1. The molecule has 4 rings (SSSR count). The Balaban J connectivity index is 1.34. The van der Waals surface area contributed by atoms with E-state index in [1.807, 2.05) is 12.1 Å². The number of benzene rings is 1. The van der Waals surface area contributed by atoms with Gasteiger partial charge in [-0.1, -0.05) is 18.6 Å². The van der Waals surface area contributed by atoms with Gasteiger partial charge in [0.1, 0.15) is 6.04 Å². The van der Waals surface area contributed by atoms with Crippen molar-refractivity contribution in [3.05, 3.63) is 34.9 Å². The van der Waals surface area contributed by atoms with Gasteiger partial charge in [-0.05, 0) is 67.8 Å². The van der Waals surface area contributed by atoms with Crippen molar-refractivity contribution in [2.24, 2.45) is 17.6 Å². The van der Waals surface area contributed by atoms with E-state index in [9.17, 15) is 14.4 Å². The molecule has 3 aliphatic rings. The first-order chi connectivity index (χ1) is 14.0. The van der Waals surface area contributed by atoms with E-state index < -0.39 is 6.04 Å². The standard InChI is InChI=1S/C22H30N4O3/c23-10-14-2-1-3-15(8-14)11-24-12-16-4-5-18-17(9-16)13-26(22(18)29)19-6-7-20(27)25-21(19)28/h4-5,9,14-15,19,24H,1-3,6-8,10-13,23H2,(H,25,27,28)/t14-,15+,19?/m1/s1. The van der Waals surface area contributed by atoms with Crippen molar-refractivity contribution in [1.29, 1.82) is 0 Å². The third-order valence-electron chi connectivity index (χ3n) is 6.57. The fourth-order valence-electron chi connectivity index (χ4n) is 4.96. The summed E-state index contributed by atoms with van der Waals surface area (Å²) in [4.78, 5) is 37.9. The molecule has 1 aromatic carbocycles. The molecule has 1 unspecified atom stereocenters. The van der Waals surface area contributed by atoms with Gasteiger partial charge in [-0.2, -0.15) is 0 Å². The average Bonchev–Trinajstić information content (AvgIpc) is 3.04. The van der Waals surface area contributed by atoms with Crippen LogP contribution >= 0.6 is 0 Å². The molecule has 2 heterocycles. The summed E-state index contributed by atoms with van der Waals surface area (Å²) in [6, 6.07) is 5.36. The lowest BCUT2D eigenvalue weighted by Gasteiger charge is -2.29. The summed E-state index contributed by atoms with van der Waals surface area (Å²) < 4.78 is 0. The van der Waals surface area contributed by atoms with Crippen molar-refractivity contribution < 1.29 is 14.4 Å². The lowest BCUT2D eigenvalue weighted by Crippen LogP contribution is -2.52. The van der Waals surface area contributed by atoms with Gasteiger partial charge >= 0.3 is 0 Å². The summed E-state index contributed by atoms with van der Waals surface area (Å²) in [6.45, 7) is 2.98. The van der Waals surface area contributed by atoms with E-state index in [0.29, 0.717) is 30.4 Å². The van der Waals surface area contributed by atoms with Crippen LogP contribution in [0.15, 0.2) is 18.2 Å². The Bertz CT molecular complexity index is 809. The summed E-state index contributed by atoms with van der Waals surface area (Å²) >= 11 is 0. The molecule has 0 spiro atoms. The Morgan fingerprint density at radius 1 is 1.14 bits per heavy atom. The highest BCUT2D eigenvalue weighted by molar-refractivity contribution is 6.05. The first-order valence-corrected chi connectivity index (χ1v) is 10.7. The van der Waals surface area contributed by atoms with E-state index in [-0.39, 0.29) is 24.1 Å². The fourth-order valence-corrected chi connectivity index (χ4v) is 4.96. The number of fused-ring (bicyclic) bond motifs is 1. The monoisotopic (exact) mass is 398 g/mol. The van der Waals surface area contributed by atoms with E-state index >= 15 is 0 Å². The molecule has 4 N–H and O–H groups in total. The van der Waals surface area contributed by atoms with Gasteiger partial charge in [0.25, 0.3) is 5.91 Å². The summed E-state index contributed by atoms with van der Waals surface area (Å²) in [7, 11) is 0. The molecular weight excluding hydrogens is 368 g/mol. The minimum absolute atomic E-state index is 0.121. The first kappa shape index (κ1) is 20.0. The number of carbonyl (C=O) groups is 3. The molecule has 3 amide bonds. The maximum absolute atomic E-state index is 12.7. The zero-order chi connectivity index (χ0) is 20.4. The van der Waals surface area contributed by atoms with Crippen molar-refractivity contribution in [3.63, 3.8) is 0 Å². The number of piperidine rings is 1. The number of nitrogens with zero attached hydrogens (tertiary/aromatic N) is 1. The minimum Gasteiger partial charge on any atom is -0.330 e. The van der Waals surface area contributed by atoms with Gasteiger partial charge in [0.15, 0.2) is 0 Å². The molecule has 0 bridgehead atoms. The Kier molecular flexibility index (Phi) is 5.96.